The van der Waals surface area contributed by atoms with Gasteiger partial charge in [-0.1, -0.05) is 18.2 Å². The highest BCUT2D eigenvalue weighted by molar-refractivity contribution is 5.99. The van der Waals surface area contributed by atoms with Gasteiger partial charge in [0, 0.05) is 43.4 Å². The maximum atomic E-state index is 12.4. The fraction of sp³-hybridized carbons (Fsp3) is 0.250. The largest absolute Gasteiger partial charge is 0.355 e. The summed E-state index contributed by atoms with van der Waals surface area (Å²) >= 11 is 0. The zero-order chi connectivity index (χ0) is 18.5. The van der Waals surface area contributed by atoms with Crippen LogP contribution < -0.4 is 15.5 Å². The number of amides is 3. The Bertz CT molecular complexity index is 830. The normalized spacial score (nSPS) is 13.6. The van der Waals surface area contributed by atoms with Crippen LogP contribution in [-0.4, -0.2) is 31.3 Å². The molecule has 2 aromatic rings. The molecular formula is C20H21N3O3. The van der Waals surface area contributed by atoms with E-state index in [9.17, 15) is 14.4 Å². The zero-order valence-electron chi connectivity index (χ0n) is 14.6. The molecule has 1 aliphatic rings. The van der Waals surface area contributed by atoms with E-state index in [4.69, 9.17) is 0 Å². The Morgan fingerprint density at radius 3 is 2.46 bits per heavy atom. The van der Waals surface area contributed by atoms with Gasteiger partial charge in [0.25, 0.3) is 11.8 Å². The number of carbonyl (C=O) groups excluding carboxylic acids is 3. The van der Waals surface area contributed by atoms with Gasteiger partial charge in [-0.15, -0.1) is 0 Å². The second-order valence-electron chi connectivity index (χ2n) is 6.16. The summed E-state index contributed by atoms with van der Waals surface area (Å²) in [6.07, 6.45) is 1.41. The van der Waals surface area contributed by atoms with Gasteiger partial charge in [-0.3, -0.25) is 14.4 Å². The van der Waals surface area contributed by atoms with Crippen LogP contribution in [0.1, 0.15) is 39.1 Å². The van der Waals surface area contributed by atoms with E-state index in [2.05, 4.69) is 10.6 Å². The molecule has 0 bridgehead atoms. The first-order valence-corrected chi connectivity index (χ1v) is 8.58. The number of anilines is 1. The van der Waals surface area contributed by atoms with Gasteiger partial charge in [0.05, 0.1) is 0 Å². The van der Waals surface area contributed by atoms with Gasteiger partial charge in [-0.25, -0.2) is 0 Å². The van der Waals surface area contributed by atoms with Gasteiger partial charge in [0.1, 0.15) is 0 Å². The molecule has 2 N–H and O–H groups in total. The summed E-state index contributed by atoms with van der Waals surface area (Å²) in [5.41, 5.74) is 2.75. The number of benzene rings is 2. The molecule has 0 atom stereocenters. The SMILES string of the molecule is CNC(=O)c1ccc(CNC(=O)c2cccc(N3CCCC3=O)c2)cc1. The number of hydrogen-bond acceptors (Lipinski definition) is 3. The van der Waals surface area contributed by atoms with E-state index in [1.807, 2.05) is 18.2 Å². The maximum Gasteiger partial charge on any atom is 0.251 e. The molecule has 0 radical (unpaired) electrons. The minimum absolute atomic E-state index is 0.0961. The molecule has 6 heteroatoms. The average molecular weight is 351 g/mol. The van der Waals surface area contributed by atoms with Crippen LogP contribution in [0.25, 0.3) is 0 Å². The topological polar surface area (TPSA) is 78.5 Å². The highest BCUT2D eigenvalue weighted by Crippen LogP contribution is 2.22. The van der Waals surface area contributed by atoms with Crippen molar-refractivity contribution < 1.29 is 14.4 Å². The van der Waals surface area contributed by atoms with E-state index in [1.165, 1.54) is 0 Å². The lowest BCUT2D eigenvalue weighted by molar-refractivity contribution is -0.117. The Morgan fingerprint density at radius 1 is 1.04 bits per heavy atom. The molecule has 26 heavy (non-hydrogen) atoms. The van der Waals surface area contributed by atoms with Crippen molar-refractivity contribution in [1.82, 2.24) is 10.6 Å². The molecule has 6 nitrogen and oxygen atoms in total. The van der Waals surface area contributed by atoms with Crippen LogP contribution in [0.5, 0.6) is 0 Å². The molecule has 1 heterocycles. The number of hydrogen-bond donors (Lipinski definition) is 2. The monoisotopic (exact) mass is 351 g/mol. The Kier molecular flexibility index (Phi) is 5.31. The molecule has 2 aromatic carbocycles. The quantitative estimate of drug-likeness (QED) is 0.866. The lowest BCUT2D eigenvalue weighted by atomic mass is 10.1. The summed E-state index contributed by atoms with van der Waals surface area (Å²) < 4.78 is 0. The third kappa shape index (κ3) is 3.91. The highest BCUT2D eigenvalue weighted by atomic mass is 16.2. The minimum atomic E-state index is -0.200. The van der Waals surface area contributed by atoms with Crippen molar-refractivity contribution in [3.05, 3.63) is 65.2 Å². The first kappa shape index (κ1) is 17.7. The van der Waals surface area contributed by atoms with Crippen LogP contribution in [0.2, 0.25) is 0 Å². The lowest BCUT2D eigenvalue weighted by Gasteiger charge is -2.16. The van der Waals surface area contributed by atoms with Crippen LogP contribution in [0.3, 0.4) is 0 Å². The van der Waals surface area contributed by atoms with Crippen molar-refractivity contribution in [2.24, 2.45) is 0 Å². The smallest absolute Gasteiger partial charge is 0.251 e. The molecule has 3 amide bonds. The summed E-state index contributed by atoms with van der Waals surface area (Å²) in [4.78, 5) is 37.5. The number of nitrogens with zero attached hydrogens (tertiary/aromatic N) is 1. The lowest BCUT2D eigenvalue weighted by Crippen LogP contribution is -2.25. The summed E-state index contributed by atoms with van der Waals surface area (Å²) in [7, 11) is 1.58. The molecule has 1 saturated heterocycles. The maximum absolute atomic E-state index is 12.4. The van der Waals surface area contributed by atoms with Crippen molar-refractivity contribution >= 4 is 23.4 Å². The fourth-order valence-corrected chi connectivity index (χ4v) is 2.94. The molecule has 0 aromatic heterocycles. The Labute approximate surface area is 152 Å². The van der Waals surface area contributed by atoms with Crippen LogP contribution in [-0.2, 0) is 11.3 Å². The van der Waals surface area contributed by atoms with E-state index in [0.717, 1.165) is 17.7 Å². The fourth-order valence-electron chi connectivity index (χ4n) is 2.94. The summed E-state index contributed by atoms with van der Waals surface area (Å²) in [5, 5.41) is 5.43. The van der Waals surface area contributed by atoms with Gasteiger partial charge >= 0.3 is 0 Å². The Hall–Kier alpha value is -3.15. The molecule has 1 aliphatic heterocycles. The predicted molar refractivity (Wildman–Crippen MR) is 99.0 cm³/mol. The highest BCUT2D eigenvalue weighted by Gasteiger charge is 2.22. The molecule has 0 saturated carbocycles. The van der Waals surface area contributed by atoms with E-state index in [0.29, 0.717) is 30.6 Å². The van der Waals surface area contributed by atoms with E-state index in [1.54, 1.807) is 42.3 Å². The van der Waals surface area contributed by atoms with Crippen LogP contribution in [0.4, 0.5) is 5.69 Å². The molecule has 3 rings (SSSR count). The van der Waals surface area contributed by atoms with Gasteiger partial charge in [-0.2, -0.15) is 0 Å². The summed E-state index contributed by atoms with van der Waals surface area (Å²) in [5.74, 6) is -0.249. The minimum Gasteiger partial charge on any atom is -0.355 e. The molecule has 1 fully saturated rings. The third-order valence-electron chi connectivity index (χ3n) is 4.39. The number of nitrogens with one attached hydrogen (secondary N) is 2. The Morgan fingerprint density at radius 2 is 1.81 bits per heavy atom. The number of carbonyl (C=O) groups is 3. The first-order chi connectivity index (χ1) is 12.6. The van der Waals surface area contributed by atoms with Crippen molar-refractivity contribution in [3.63, 3.8) is 0 Å². The second kappa shape index (κ2) is 7.82. The van der Waals surface area contributed by atoms with Crippen LogP contribution in [0.15, 0.2) is 48.5 Å². The van der Waals surface area contributed by atoms with Crippen LogP contribution >= 0.6 is 0 Å². The van der Waals surface area contributed by atoms with Crippen molar-refractivity contribution in [2.45, 2.75) is 19.4 Å². The van der Waals surface area contributed by atoms with Gasteiger partial charge in [0.2, 0.25) is 5.91 Å². The molecule has 0 aliphatic carbocycles. The van der Waals surface area contributed by atoms with E-state index < -0.39 is 0 Å². The summed E-state index contributed by atoms with van der Waals surface area (Å²) in [6, 6.07) is 14.2. The number of rotatable bonds is 5. The molecule has 0 unspecified atom stereocenters. The first-order valence-electron chi connectivity index (χ1n) is 8.58. The standard InChI is InChI=1S/C20H21N3O3/c1-21-19(25)15-9-7-14(8-10-15)13-22-20(26)16-4-2-5-17(12-16)23-11-3-6-18(23)24/h2,4-5,7-10,12H,3,6,11,13H2,1H3,(H,21,25)(H,22,26). The zero-order valence-corrected chi connectivity index (χ0v) is 14.6. The van der Waals surface area contributed by atoms with E-state index >= 15 is 0 Å². The van der Waals surface area contributed by atoms with Gasteiger partial charge in [-0.05, 0) is 42.3 Å². The second-order valence-corrected chi connectivity index (χ2v) is 6.16. The van der Waals surface area contributed by atoms with Crippen molar-refractivity contribution in [1.29, 1.82) is 0 Å². The third-order valence-corrected chi connectivity index (χ3v) is 4.39. The van der Waals surface area contributed by atoms with Crippen molar-refractivity contribution in [3.8, 4) is 0 Å². The molecule has 134 valence electrons. The van der Waals surface area contributed by atoms with Crippen molar-refractivity contribution in [2.75, 3.05) is 18.5 Å². The molecular weight excluding hydrogens is 330 g/mol. The van der Waals surface area contributed by atoms with Gasteiger partial charge < -0.3 is 15.5 Å². The summed E-state index contributed by atoms with van der Waals surface area (Å²) in [6.45, 7) is 1.06. The van der Waals surface area contributed by atoms with Gasteiger partial charge in [0.15, 0.2) is 0 Å². The predicted octanol–water partition coefficient (Wildman–Crippen LogP) is 2.10. The van der Waals surface area contributed by atoms with E-state index in [-0.39, 0.29) is 17.7 Å². The average Bonchev–Trinajstić information content (AvgIpc) is 3.12. The van der Waals surface area contributed by atoms with Crippen LogP contribution in [0, 0.1) is 0 Å². The molecule has 0 spiro atoms. The Balaban J connectivity index is 1.63.